The highest BCUT2D eigenvalue weighted by atomic mass is 32.1. The van der Waals surface area contributed by atoms with Crippen molar-refractivity contribution >= 4 is 45.7 Å². The molecule has 7 nitrogen and oxygen atoms in total. The molecule has 0 aliphatic heterocycles. The molecule has 3 aromatic carbocycles. The van der Waals surface area contributed by atoms with Crippen molar-refractivity contribution < 1.29 is 18.7 Å². The Balaban J connectivity index is 1.56. The largest absolute Gasteiger partial charge is 0.455 e. The number of nitriles is 1. The van der Waals surface area contributed by atoms with Crippen LogP contribution >= 0.6 is 11.3 Å². The molecule has 4 rings (SSSR count). The van der Waals surface area contributed by atoms with Gasteiger partial charge in [-0.25, -0.2) is 9.37 Å². The summed E-state index contributed by atoms with van der Waals surface area (Å²) in [6.45, 7) is 1.30. The van der Waals surface area contributed by atoms with E-state index in [1.54, 1.807) is 47.8 Å². The molecule has 0 unspecified atom stereocenters. The Kier molecular flexibility index (Phi) is 7.48. The minimum Gasteiger partial charge on any atom is -0.455 e. The predicted octanol–water partition coefficient (Wildman–Crippen LogP) is 6.30. The van der Waals surface area contributed by atoms with Gasteiger partial charge in [-0.3, -0.25) is 14.5 Å². The summed E-state index contributed by atoms with van der Waals surface area (Å²) in [7, 11) is 0. The Labute approximate surface area is 210 Å². The minimum atomic E-state index is -0.659. The number of halogens is 1. The quantitative estimate of drug-likeness (QED) is 0.238. The Morgan fingerprint density at radius 1 is 1.06 bits per heavy atom. The lowest BCUT2D eigenvalue weighted by atomic mass is 10.2. The van der Waals surface area contributed by atoms with Crippen molar-refractivity contribution in [3.05, 3.63) is 101 Å². The molecule has 0 atom stereocenters. The zero-order valence-corrected chi connectivity index (χ0v) is 19.8. The lowest BCUT2D eigenvalue weighted by Crippen LogP contribution is -2.23. The van der Waals surface area contributed by atoms with Crippen molar-refractivity contribution in [3.63, 3.8) is 0 Å². The van der Waals surface area contributed by atoms with E-state index in [0.717, 1.165) is 16.2 Å². The highest BCUT2D eigenvalue weighted by Gasteiger charge is 2.21. The van der Waals surface area contributed by atoms with Crippen molar-refractivity contribution in [2.75, 3.05) is 10.2 Å². The summed E-state index contributed by atoms with van der Waals surface area (Å²) < 4.78 is 20.2. The number of aromatic nitrogens is 1. The number of nitrogens with one attached hydrogen (secondary N) is 1. The van der Waals surface area contributed by atoms with Gasteiger partial charge in [-0.05, 0) is 42.5 Å². The van der Waals surface area contributed by atoms with Crippen LogP contribution in [0.1, 0.15) is 12.6 Å². The van der Waals surface area contributed by atoms with Crippen LogP contribution < -0.4 is 15.0 Å². The Morgan fingerprint density at radius 3 is 2.47 bits per heavy atom. The molecular formula is C27H19FN4O3S. The lowest BCUT2D eigenvalue weighted by Gasteiger charge is -2.18. The number of anilines is 3. The van der Waals surface area contributed by atoms with Gasteiger partial charge in [0.2, 0.25) is 5.91 Å². The number of rotatable bonds is 7. The summed E-state index contributed by atoms with van der Waals surface area (Å²) >= 11 is 1.08. The maximum Gasteiger partial charge on any atom is 0.266 e. The van der Waals surface area contributed by atoms with Gasteiger partial charge in [0.1, 0.15) is 23.2 Å². The molecule has 9 heteroatoms. The molecule has 0 saturated heterocycles. The molecule has 0 radical (unpaired) electrons. The number of hydrogen-bond donors (Lipinski definition) is 1. The molecule has 1 N–H and O–H groups in total. The second kappa shape index (κ2) is 11.1. The van der Waals surface area contributed by atoms with Crippen LogP contribution in [-0.2, 0) is 9.59 Å². The van der Waals surface area contributed by atoms with E-state index < -0.39 is 17.6 Å². The summed E-state index contributed by atoms with van der Waals surface area (Å²) in [6.07, 6.45) is 1.30. The molecule has 0 bridgehead atoms. The number of carbonyl (C=O) groups is 2. The number of thiazole rings is 1. The highest BCUT2D eigenvalue weighted by molar-refractivity contribution is 7.14. The molecule has 2 amide bonds. The van der Waals surface area contributed by atoms with Crippen LogP contribution in [0.25, 0.3) is 6.08 Å². The van der Waals surface area contributed by atoms with E-state index in [1.807, 2.05) is 24.3 Å². The minimum absolute atomic E-state index is 0.0585. The van der Waals surface area contributed by atoms with Crippen molar-refractivity contribution in [3.8, 4) is 17.6 Å². The number of carbonyl (C=O) groups excluding carboxylic acids is 2. The van der Waals surface area contributed by atoms with E-state index >= 15 is 0 Å². The standard InChI is InChI=1S/C27H19FN4O3S/c1-18(33)32(24-13-7-5-11-22(24)28)27-30-20(17-36-27)15-19(16-29)26(34)31-23-12-6-8-14-25(23)35-21-9-3-2-4-10-21/h2-15,17H,1H3,(H,31,34)/b19-15+. The second-order valence-electron chi connectivity index (χ2n) is 7.40. The number of benzene rings is 3. The smallest absolute Gasteiger partial charge is 0.266 e. The summed E-state index contributed by atoms with van der Waals surface area (Å²) in [5.74, 6) is -0.664. The molecule has 0 saturated carbocycles. The van der Waals surface area contributed by atoms with Crippen LogP contribution in [0.2, 0.25) is 0 Å². The highest BCUT2D eigenvalue weighted by Crippen LogP contribution is 2.32. The summed E-state index contributed by atoms with van der Waals surface area (Å²) in [5, 5.41) is 14.1. The first-order chi connectivity index (χ1) is 17.5. The third-order valence-electron chi connectivity index (χ3n) is 4.87. The van der Waals surface area contributed by atoms with E-state index in [2.05, 4.69) is 10.3 Å². The van der Waals surface area contributed by atoms with Gasteiger partial charge < -0.3 is 10.1 Å². The molecule has 0 fully saturated rings. The molecular weight excluding hydrogens is 479 g/mol. The zero-order chi connectivity index (χ0) is 25.5. The number of ether oxygens (including phenoxy) is 1. The molecule has 1 heterocycles. The van der Waals surface area contributed by atoms with Gasteiger partial charge in [0.05, 0.1) is 17.1 Å². The van der Waals surface area contributed by atoms with Gasteiger partial charge in [-0.2, -0.15) is 5.26 Å². The van der Waals surface area contributed by atoms with Crippen molar-refractivity contribution in [2.45, 2.75) is 6.92 Å². The fourth-order valence-electron chi connectivity index (χ4n) is 3.25. The maximum atomic E-state index is 14.3. The molecule has 1 aromatic heterocycles. The van der Waals surface area contributed by atoms with E-state index in [4.69, 9.17) is 4.74 Å². The average molecular weight is 499 g/mol. The van der Waals surface area contributed by atoms with Gasteiger partial charge in [-0.15, -0.1) is 11.3 Å². The first-order valence-electron chi connectivity index (χ1n) is 10.7. The molecule has 36 heavy (non-hydrogen) atoms. The maximum absolute atomic E-state index is 14.3. The van der Waals surface area contributed by atoms with Crippen LogP contribution in [0.15, 0.2) is 89.8 Å². The molecule has 4 aromatic rings. The lowest BCUT2D eigenvalue weighted by molar-refractivity contribution is -0.116. The fourth-order valence-corrected chi connectivity index (χ4v) is 4.08. The van der Waals surface area contributed by atoms with Crippen LogP contribution in [0, 0.1) is 17.1 Å². The molecule has 0 aliphatic carbocycles. The van der Waals surface area contributed by atoms with Crippen molar-refractivity contribution in [1.82, 2.24) is 4.98 Å². The summed E-state index contributed by atoms with van der Waals surface area (Å²) in [6, 6.07) is 23.7. The van der Waals surface area contributed by atoms with Gasteiger partial charge in [0, 0.05) is 12.3 Å². The normalized spacial score (nSPS) is 10.9. The summed E-state index contributed by atoms with van der Waals surface area (Å²) in [4.78, 5) is 30.6. The molecule has 0 spiro atoms. The number of para-hydroxylation sites is 4. The molecule has 0 aliphatic rings. The number of hydrogen-bond acceptors (Lipinski definition) is 6. The SMILES string of the molecule is CC(=O)N(c1nc(/C=C(\C#N)C(=O)Nc2ccccc2Oc2ccccc2)cs1)c1ccccc1F. The van der Waals surface area contributed by atoms with E-state index in [0.29, 0.717) is 17.2 Å². The Morgan fingerprint density at radius 2 is 1.75 bits per heavy atom. The first-order valence-corrected chi connectivity index (χ1v) is 11.6. The number of amides is 2. The number of nitrogens with zero attached hydrogens (tertiary/aromatic N) is 3. The van der Waals surface area contributed by atoms with E-state index in [1.165, 1.54) is 31.2 Å². The predicted molar refractivity (Wildman–Crippen MR) is 137 cm³/mol. The summed E-state index contributed by atoms with van der Waals surface area (Å²) in [5.41, 5.74) is 0.511. The van der Waals surface area contributed by atoms with Crippen LogP contribution in [0.4, 0.5) is 20.9 Å². The first kappa shape index (κ1) is 24.3. The van der Waals surface area contributed by atoms with E-state index in [9.17, 15) is 19.2 Å². The monoisotopic (exact) mass is 498 g/mol. The third-order valence-corrected chi connectivity index (χ3v) is 5.72. The van der Waals surface area contributed by atoms with Crippen molar-refractivity contribution in [1.29, 1.82) is 5.26 Å². The molecule has 178 valence electrons. The van der Waals surface area contributed by atoms with Crippen LogP contribution in [-0.4, -0.2) is 16.8 Å². The second-order valence-corrected chi connectivity index (χ2v) is 8.23. The van der Waals surface area contributed by atoms with E-state index in [-0.39, 0.29) is 22.1 Å². The topological polar surface area (TPSA) is 95.3 Å². The third kappa shape index (κ3) is 5.63. The van der Waals surface area contributed by atoms with Crippen LogP contribution in [0.5, 0.6) is 11.5 Å². The van der Waals surface area contributed by atoms with Gasteiger partial charge >= 0.3 is 0 Å². The van der Waals surface area contributed by atoms with Crippen molar-refractivity contribution in [2.24, 2.45) is 0 Å². The average Bonchev–Trinajstić information content (AvgIpc) is 3.33. The van der Waals surface area contributed by atoms with Gasteiger partial charge in [-0.1, -0.05) is 42.5 Å². The van der Waals surface area contributed by atoms with Gasteiger partial charge in [0.25, 0.3) is 5.91 Å². The fraction of sp³-hybridized carbons (Fsp3) is 0.0370. The zero-order valence-electron chi connectivity index (χ0n) is 19.0. The Bertz CT molecular complexity index is 1480. The Hall–Kier alpha value is -4.81. The van der Waals surface area contributed by atoms with Gasteiger partial charge in [0.15, 0.2) is 10.9 Å². The van der Waals surface area contributed by atoms with Crippen LogP contribution in [0.3, 0.4) is 0 Å².